The van der Waals surface area contributed by atoms with E-state index in [4.69, 9.17) is 18.6 Å². The highest BCUT2D eigenvalue weighted by Crippen LogP contribution is 2.81. The van der Waals surface area contributed by atoms with E-state index in [0.29, 0.717) is 0 Å². The summed E-state index contributed by atoms with van der Waals surface area (Å²) in [7, 11) is 0. The smallest absolute Gasteiger partial charge is 0.303 e. The average Bonchev–Trinajstić information content (AvgIpc) is 3.41. The number of hydrogen-bond donors (Lipinski definition) is 0. The van der Waals surface area contributed by atoms with Gasteiger partial charge < -0.3 is 18.6 Å². The number of carbonyl (C=O) groups excluding carboxylic acids is 1. The maximum Gasteiger partial charge on any atom is 0.303 e. The quantitative estimate of drug-likeness (QED) is 0.430. The maximum atomic E-state index is 11.9. The molecule has 2 aliphatic heterocycles. The Morgan fingerprint density at radius 2 is 2.11 bits per heavy atom. The molecule has 0 N–H and O–H groups in total. The fourth-order valence-corrected chi connectivity index (χ4v) is 7.17. The van der Waals surface area contributed by atoms with Crippen LogP contribution in [0.2, 0.25) is 0 Å². The van der Waals surface area contributed by atoms with Gasteiger partial charge in [0.05, 0.1) is 6.26 Å². The first-order chi connectivity index (χ1) is 12.8. The number of aryl methyl sites for hydroxylation is 2. The van der Waals surface area contributed by atoms with Gasteiger partial charge in [0.15, 0.2) is 0 Å². The molecule has 8 atom stereocenters. The Balaban J connectivity index is 1.57. The lowest BCUT2D eigenvalue weighted by Gasteiger charge is -2.40. The van der Waals surface area contributed by atoms with Crippen LogP contribution in [0, 0.1) is 18.8 Å². The molecule has 5 aliphatic rings. The summed E-state index contributed by atoms with van der Waals surface area (Å²) in [4.78, 5) is 11.9. The standard InChI is InChI=1S/C22H26O5/c1-10-6-7-14-15(12(3)9-24-14)17-16(10)22-18(25-13(4)23)11(2)8-21(22,27-22)19-20(17,5)26-19/h9,11,16-19H,1,6-8H2,2-5H3/t11-,16+,17+,18-,19+,20+,21+,22+/m1/s1. The maximum absolute atomic E-state index is 11.9. The van der Waals surface area contributed by atoms with Crippen LogP contribution >= 0.6 is 0 Å². The summed E-state index contributed by atoms with van der Waals surface area (Å²) < 4.78 is 24.9. The van der Waals surface area contributed by atoms with E-state index in [1.807, 2.05) is 6.26 Å². The topological polar surface area (TPSA) is 64.5 Å². The van der Waals surface area contributed by atoms with Crippen molar-refractivity contribution in [2.24, 2.45) is 11.8 Å². The van der Waals surface area contributed by atoms with E-state index in [2.05, 4.69) is 27.4 Å². The van der Waals surface area contributed by atoms with Gasteiger partial charge in [-0.2, -0.15) is 0 Å². The van der Waals surface area contributed by atoms with Crippen LogP contribution in [0.1, 0.15) is 56.4 Å². The summed E-state index contributed by atoms with van der Waals surface area (Å²) >= 11 is 0. The molecule has 0 unspecified atom stereocenters. The Labute approximate surface area is 159 Å². The van der Waals surface area contributed by atoms with Crippen molar-refractivity contribution in [3.8, 4) is 0 Å². The lowest BCUT2D eigenvalue weighted by atomic mass is 9.59. The Hall–Kier alpha value is -1.59. The highest BCUT2D eigenvalue weighted by Gasteiger charge is 2.95. The van der Waals surface area contributed by atoms with Gasteiger partial charge in [-0.15, -0.1) is 0 Å². The van der Waals surface area contributed by atoms with E-state index in [1.54, 1.807) is 0 Å². The zero-order chi connectivity index (χ0) is 18.9. The first-order valence-electron chi connectivity index (χ1n) is 10.1. The molecule has 5 nitrogen and oxygen atoms in total. The zero-order valence-corrected chi connectivity index (χ0v) is 16.3. The van der Waals surface area contributed by atoms with Gasteiger partial charge in [-0.25, -0.2) is 0 Å². The van der Waals surface area contributed by atoms with E-state index in [1.165, 1.54) is 23.6 Å². The number of fused-ring (bicyclic) bond motifs is 5. The van der Waals surface area contributed by atoms with Crippen molar-refractivity contribution in [1.29, 1.82) is 0 Å². The molecule has 2 saturated heterocycles. The third-order valence-electron chi connectivity index (χ3n) is 8.03. The lowest BCUT2D eigenvalue weighted by Crippen LogP contribution is -2.53. The third-order valence-corrected chi connectivity index (χ3v) is 8.03. The second-order valence-electron chi connectivity index (χ2n) is 9.55. The first kappa shape index (κ1) is 16.4. The fourth-order valence-electron chi connectivity index (χ4n) is 7.17. The zero-order valence-electron chi connectivity index (χ0n) is 16.3. The normalized spacial score (nSPS) is 51.3. The second-order valence-corrected chi connectivity index (χ2v) is 9.55. The van der Waals surface area contributed by atoms with E-state index >= 15 is 0 Å². The molecule has 0 bridgehead atoms. The molecule has 27 heavy (non-hydrogen) atoms. The van der Waals surface area contributed by atoms with Crippen molar-refractivity contribution in [2.45, 2.75) is 81.9 Å². The Morgan fingerprint density at radius 3 is 2.85 bits per heavy atom. The second kappa shape index (κ2) is 4.52. The van der Waals surface area contributed by atoms with Gasteiger partial charge in [0.1, 0.15) is 34.8 Å². The molecule has 0 spiro atoms. The van der Waals surface area contributed by atoms with E-state index in [0.717, 1.165) is 25.0 Å². The minimum atomic E-state index is -0.508. The lowest BCUT2D eigenvalue weighted by molar-refractivity contribution is -0.154. The van der Waals surface area contributed by atoms with Crippen LogP contribution in [-0.2, 0) is 25.4 Å². The molecule has 0 radical (unpaired) electrons. The molecule has 0 aromatic carbocycles. The van der Waals surface area contributed by atoms with Gasteiger partial charge in [-0.3, -0.25) is 4.79 Å². The molecule has 1 aromatic rings. The van der Waals surface area contributed by atoms with Crippen LogP contribution in [0.25, 0.3) is 0 Å². The van der Waals surface area contributed by atoms with Crippen LogP contribution < -0.4 is 0 Å². The minimum Gasteiger partial charge on any atom is -0.469 e. The number of hydrogen-bond acceptors (Lipinski definition) is 5. The molecule has 2 saturated carbocycles. The van der Waals surface area contributed by atoms with Gasteiger partial charge in [-0.05, 0) is 38.2 Å². The first-order valence-corrected chi connectivity index (χ1v) is 10.1. The average molecular weight is 370 g/mol. The van der Waals surface area contributed by atoms with E-state index in [-0.39, 0.29) is 47.1 Å². The number of furan rings is 1. The molecule has 4 fully saturated rings. The van der Waals surface area contributed by atoms with Crippen molar-refractivity contribution < 1.29 is 23.4 Å². The molecule has 3 heterocycles. The van der Waals surface area contributed by atoms with Crippen LogP contribution in [-0.4, -0.2) is 35.0 Å². The van der Waals surface area contributed by atoms with Gasteiger partial charge >= 0.3 is 5.97 Å². The van der Waals surface area contributed by atoms with Gasteiger partial charge in [0.2, 0.25) is 0 Å². The summed E-state index contributed by atoms with van der Waals surface area (Å²) in [6, 6.07) is 0. The molecule has 3 aliphatic carbocycles. The third kappa shape index (κ3) is 1.60. The molecule has 0 amide bonds. The van der Waals surface area contributed by atoms with Gasteiger partial charge in [-0.1, -0.05) is 19.1 Å². The van der Waals surface area contributed by atoms with Crippen molar-refractivity contribution in [3.05, 3.63) is 35.3 Å². The van der Waals surface area contributed by atoms with Crippen molar-refractivity contribution in [1.82, 2.24) is 0 Å². The number of rotatable bonds is 1. The number of epoxide rings is 2. The molecular weight excluding hydrogens is 344 g/mol. The van der Waals surface area contributed by atoms with Crippen molar-refractivity contribution in [2.75, 3.05) is 0 Å². The molecule has 1 aromatic heterocycles. The van der Waals surface area contributed by atoms with Crippen molar-refractivity contribution >= 4 is 5.97 Å². The predicted octanol–water partition coefficient (Wildman–Crippen LogP) is 3.44. The summed E-state index contributed by atoms with van der Waals surface area (Å²) in [6.45, 7) is 12.5. The summed E-state index contributed by atoms with van der Waals surface area (Å²) in [5.41, 5.74) is 2.49. The van der Waals surface area contributed by atoms with E-state index < -0.39 is 5.60 Å². The summed E-state index contributed by atoms with van der Waals surface area (Å²) in [5, 5.41) is 0. The highest BCUT2D eigenvalue weighted by atomic mass is 16.7. The van der Waals surface area contributed by atoms with Crippen LogP contribution in [0.5, 0.6) is 0 Å². The molecule has 6 rings (SSSR count). The van der Waals surface area contributed by atoms with Gasteiger partial charge in [0, 0.05) is 30.7 Å². The largest absolute Gasteiger partial charge is 0.469 e. The summed E-state index contributed by atoms with van der Waals surface area (Å²) in [5.74, 6) is 1.26. The Bertz CT molecular complexity index is 901. The minimum absolute atomic E-state index is 0.0438. The Kier molecular flexibility index (Phi) is 2.74. The Morgan fingerprint density at radius 1 is 1.33 bits per heavy atom. The molecular formula is C22H26O5. The number of carbonyl (C=O) groups is 1. The SMILES string of the molecule is C=C1CCc2occ(C)c2[C@H]2[C@H]1[C@@]13O[C@@]1(C[C@@H](C)[C@H]3OC(C)=O)[C@H]1O[C@@]21C. The number of ether oxygens (including phenoxy) is 3. The molecule has 144 valence electrons. The van der Waals surface area contributed by atoms with Crippen LogP contribution in [0.15, 0.2) is 22.8 Å². The predicted molar refractivity (Wildman–Crippen MR) is 96.3 cm³/mol. The van der Waals surface area contributed by atoms with E-state index in [9.17, 15) is 4.79 Å². The molecule has 5 heteroatoms. The number of esters is 1. The van der Waals surface area contributed by atoms with Crippen molar-refractivity contribution in [3.63, 3.8) is 0 Å². The fraction of sp³-hybridized carbons (Fsp3) is 0.682. The summed E-state index contributed by atoms with van der Waals surface area (Å²) in [6.07, 6.45) is 4.25. The highest BCUT2D eigenvalue weighted by molar-refractivity contribution is 5.67. The monoisotopic (exact) mass is 370 g/mol. The van der Waals surface area contributed by atoms with Gasteiger partial charge in [0.25, 0.3) is 0 Å². The van der Waals surface area contributed by atoms with Crippen LogP contribution in [0.4, 0.5) is 0 Å². The van der Waals surface area contributed by atoms with Crippen LogP contribution in [0.3, 0.4) is 0 Å².